The lowest BCUT2D eigenvalue weighted by Crippen LogP contribution is -2.44. The van der Waals surface area contributed by atoms with Crippen LogP contribution in [0.3, 0.4) is 0 Å². The highest BCUT2D eigenvalue weighted by Crippen LogP contribution is 2.45. The van der Waals surface area contributed by atoms with E-state index in [2.05, 4.69) is 10.4 Å². The van der Waals surface area contributed by atoms with E-state index in [0.717, 1.165) is 0 Å². The van der Waals surface area contributed by atoms with Crippen LogP contribution in [0.1, 0.15) is 36.9 Å². The maximum absolute atomic E-state index is 12.5. The van der Waals surface area contributed by atoms with Crippen LogP contribution in [0.25, 0.3) is 0 Å². The highest BCUT2D eigenvalue weighted by atomic mass is 16.6. The summed E-state index contributed by atoms with van der Waals surface area (Å²) in [5.74, 6) is -1.26. The fraction of sp³-hybridized carbons (Fsp3) is 0.412. The van der Waals surface area contributed by atoms with Gasteiger partial charge in [-0.15, -0.1) is 0 Å². The van der Waals surface area contributed by atoms with Crippen molar-refractivity contribution in [2.45, 2.75) is 31.8 Å². The Morgan fingerprint density at radius 3 is 2.37 bits per heavy atom. The molecule has 2 heterocycles. The lowest BCUT2D eigenvalue weighted by Gasteiger charge is -2.27. The molecule has 3 rings (SSSR count). The molecule has 2 N–H and O–H groups in total. The van der Waals surface area contributed by atoms with E-state index < -0.39 is 22.8 Å². The van der Waals surface area contributed by atoms with E-state index in [1.54, 1.807) is 4.68 Å². The number of fused-ring (bicyclic) bond motifs is 1. The number of nitrogens with zero attached hydrogens (tertiary/aromatic N) is 3. The molecule has 1 aromatic carbocycles. The van der Waals surface area contributed by atoms with E-state index >= 15 is 0 Å². The van der Waals surface area contributed by atoms with Crippen molar-refractivity contribution in [1.29, 1.82) is 0 Å². The van der Waals surface area contributed by atoms with Crippen LogP contribution in [0.15, 0.2) is 18.3 Å². The van der Waals surface area contributed by atoms with Crippen molar-refractivity contribution < 1.29 is 24.3 Å². The topological polar surface area (TPSA) is 129 Å². The number of phenols is 1. The number of carbonyl (C=O) groups is 1. The van der Waals surface area contributed by atoms with Gasteiger partial charge in [-0.3, -0.25) is 14.9 Å². The van der Waals surface area contributed by atoms with Gasteiger partial charge in [0.05, 0.1) is 26.3 Å². The van der Waals surface area contributed by atoms with Gasteiger partial charge in [-0.05, 0) is 31.5 Å². The monoisotopic (exact) mass is 376 g/mol. The summed E-state index contributed by atoms with van der Waals surface area (Å²) in [7, 11) is 2.72. The third-order valence-electron chi connectivity index (χ3n) is 4.56. The second kappa shape index (κ2) is 6.78. The zero-order chi connectivity index (χ0) is 19.9. The number of nitrogens with one attached hydrogen (secondary N) is 1. The highest BCUT2D eigenvalue weighted by molar-refractivity contribution is 5.98. The summed E-state index contributed by atoms with van der Waals surface area (Å²) < 4.78 is 11.9. The second-order valence-electron chi connectivity index (χ2n) is 6.46. The largest absolute Gasteiger partial charge is 0.502 e. The Morgan fingerprint density at radius 2 is 1.89 bits per heavy atom. The molecular weight excluding hydrogens is 356 g/mol. The minimum Gasteiger partial charge on any atom is -0.502 e. The Bertz CT molecular complexity index is 882. The van der Waals surface area contributed by atoms with E-state index in [1.165, 1.54) is 32.5 Å². The maximum Gasteiger partial charge on any atom is 0.301 e. The lowest BCUT2D eigenvalue weighted by atomic mass is 9.83. The van der Waals surface area contributed by atoms with Crippen molar-refractivity contribution in [1.82, 2.24) is 9.78 Å². The zero-order valence-corrected chi connectivity index (χ0v) is 15.3. The Labute approximate surface area is 154 Å². The number of amides is 1. The predicted octanol–water partition coefficient (Wildman–Crippen LogP) is 1.92. The van der Waals surface area contributed by atoms with Gasteiger partial charge >= 0.3 is 11.9 Å². The molecule has 0 saturated heterocycles. The normalized spacial score (nSPS) is 18.8. The van der Waals surface area contributed by atoms with Crippen LogP contribution >= 0.6 is 0 Å². The Kier molecular flexibility index (Phi) is 4.64. The minimum absolute atomic E-state index is 0.0502. The van der Waals surface area contributed by atoms with Gasteiger partial charge in [-0.2, -0.15) is 5.10 Å². The lowest BCUT2D eigenvalue weighted by molar-refractivity contribution is -0.509. The molecule has 2 aromatic rings. The van der Waals surface area contributed by atoms with Crippen LogP contribution in [-0.2, 0) is 4.79 Å². The number of aromatic hydroxyl groups is 1. The molecule has 1 aliphatic rings. The van der Waals surface area contributed by atoms with Crippen molar-refractivity contribution in [3.05, 3.63) is 39.6 Å². The average Bonchev–Trinajstić information content (AvgIpc) is 3.04. The molecule has 0 aliphatic carbocycles. The average molecular weight is 376 g/mol. The van der Waals surface area contributed by atoms with Gasteiger partial charge in [-0.1, -0.05) is 0 Å². The number of nitro groups is 1. The number of anilines is 1. The Balaban J connectivity index is 2.25. The molecule has 0 unspecified atom stereocenters. The molecule has 0 bridgehead atoms. The third kappa shape index (κ3) is 2.92. The van der Waals surface area contributed by atoms with Crippen LogP contribution in [0.5, 0.6) is 17.2 Å². The van der Waals surface area contributed by atoms with Gasteiger partial charge in [0.15, 0.2) is 11.5 Å². The summed E-state index contributed by atoms with van der Waals surface area (Å²) in [5, 5.41) is 28.7. The summed E-state index contributed by atoms with van der Waals surface area (Å²) in [4.78, 5) is 23.6. The molecule has 0 spiro atoms. The van der Waals surface area contributed by atoms with Gasteiger partial charge in [-0.25, -0.2) is 4.68 Å². The molecular formula is C17H20N4O6. The summed E-state index contributed by atoms with van der Waals surface area (Å²) in [5.41, 5.74) is 0.919. The first kappa shape index (κ1) is 18.5. The number of phenolic OH excluding ortho intramolecular Hbond substituents is 1. The predicted molar refractivity (Wildman–Crippen MR) is 95.1 cm³/mol. The summed E-state index contributed by atoms with van der Waals surface area (Å²) in [6, 6.07) is 1.33. The van der Waals surface area contributed by atoms with E-state index in [-0.39, 0.29) is 23.3 Å². The summed E-state index contributed by atoms with van der Waals surface area (Å²) in [6.07, 6.45) is 1.52. The fourth-order valence-electron chi connectivity index (χ4n) is 3.31. The quantitative estimate of drug-likeness (QED) is 0.602. The minimum atomic E-state index is -1.55. The fourth-order valence-corrected chi connectivity index (χ4v) is 3.31. The van der Waals surface area contributed by atoms with E-state index in [0.29, 0.717) is 16.9 Å². The molecule has 1 amide bonds. The molecule has 27 heavy (non-hydrogen) atoms. The first-order chi connectivity index (χ1) is 12.8. The summed E-state index contributed by atoms with van der Waals surface area (Å²) in [6.45, 7) is 3.78. The number of methoxy groups -OCH3 is 2. The first-order valence-electron chi connectivity index (χ1n) is 8.26. The zero-order valence-electron chi connectivity index (χ0n) is 15.3. The van der Waals surface area contributed by atoms with Crippen molar-refractivity contribution in [2.24, 2.45) is 0 Å². The van der Waals surface area contributed by atoms with Crippen molar-refractivity contribution in [3.8, 4) is 17.2 Å². The number of benzene rings is 1. The van der Waals surface area contributed by atoms with E-state index in [1.807, 2.05) is 13.8 Å². The van der Waals surface area contributed by atoms with Crippen molar-refractivity contribution in [2.75, 3.05) is 19.5 Å². The Morgan fingerprint density at radius 1 is 1.30 bits per heavy atom. The molecule has 0 fully saturated rings. The molecule has 10 nitrogen and oxygen atoms in total. The smallest absolute Gasteiger partial charge is 0.301 e. The molecule has 0 radical (unpaired) electrons. The first-order valence-corrected chi connectivity index (χ1v) is 8.26. The van der Waals surface area contributed by atoms with Gasteiger partial charge in [0.25, 0.3) is 0 Å². The SMILES string of the molecule is COc1cc([C@H]2c3cnn(C(C)C)c3NC(=O)[C@@H]2[N+](=O)[O-])cc(OC)c1O. The third-order valence-corrected chi connectivity index (χ3v) is 4.56. The second-order valence-corrected chi connectivity index (χ2v) is 6.46. The van der Waals surface area contributed by atoms with Crippen LogP contribution in [-0.4, -0.2) is 46.0 Å². The summed E-state index contributed by atoms with van der Waals surface area (Å²) >= 11 is 0. The Hall–Kier alpha value is -3.30. The van der Waals surface area contributed by atoms with Crippen LogP contribution < -0.4 is 14.8 Å². The van der Waals surface area contributed by atoms with Crippen molar-refractivity contribution in [3.63, 3.8) is 0 Å². The number of rotatable bonds is 5. The molecule has 0 saturated carbocycles. The number of aromatic nitrogens is 2. The van der Waals surface area contributed by atoms with Gasteiger partial charge in [0.2, 0.25) is 5.75 Å². The van der Waals surface area contributed by atoms with Gasteiger partial charge in [0.1, 0.15) is 5.82 Å². The number of hydrogen-bond donors (Lipinski definition) is 2. The van der Waals surface area contributed by atoms with E-state index in [9.17, 15) is 20.0 Å². The van der Waals surface area contributed by atoms with Crippen LogP contribution in [0.2, 0.25) is 0 Å². The number of carbonyl (C=O) groups excluding carboxylic acids is 1. The molecule has 1 aromatic heterocycles. The number of ether oxygens (including phenoxy) is 2. The maximum atomic E-state index is 12.5. The standard InChI is InChI=1S/C17H20N4O6/c1-8(2)20-16-10(7-18-20)13(14(21(24)25)17(23)19-16)9-5-11(26-3)15(22)12(6-9)27-4/h5-8,13-14,22H,1-4H3,(H,19,23)/t13-,14+/m0/s1. The van der Waals surface area contributed by atoms with Crippen LogP contribution in [0, 0.1) is 10.1 Å². The van der Waals surface area contributed by atoms with Crippen molar-refractivity contribution >= 4 is 11.7 Å². The van der Waals surface area contributed by atoms with E-state index in [4.69, 9.17) is 9.47 Å². The molecule has 10 heteroatoms. The van der Waals surface area contributed by atoms with Gasteiger partial charge < -0.3 is 19.9 Å². The highest BCUT2D eigenvalue weighted by Gasteiger charge is 2.47. The molecule has 1 aliphatic heterocycles. The van der Waals surface area contributed by atoms with Crippen LogP contribution in [0.4, 0.5) is 5.82 Å². The molecule has 2 atom stereocenters. The molecule has 144 valence electrons. The number of hydrogen-bond acceptors (Lipinski definition) is 7. The van der Waals surface area contributed by atoms with Gasteiger partial charge in [0, 0.05) is 16.5 Å².